The maximum atomic E-state index is 9.31. The van der Waals surface area contributed by atoms with Crippen LogP contribution < -0.4 is 5.32 Å². The monoisotopic (exact) mass is 401 g/mol. The average molecular weight is 403 g/mol. The van der Waals surface area contributed by atoms with Gasteiger partial charge in [0.1, 0.15) is 17.3 Å². The lowest BCUT2D eigenvalue weighted by atomic mass is 10.1. The molecule has 0 saturated heterocycles. The quantitative estimate of drug-likeness (QED) is 0.448. The minimum absolute atomic E-state index is 0.421. The van der Waals surface area contributed by atoms with Gasteiger partial charge in [-0.05, 0) is 24.3 Å². The molecule has 0 atom stereocenters. The Morgan fingerprint density at radius 3 is 2.58 bits per heavy atom. The first-order valence-corrected chi connectivity index (χ1v) is 8.69. The molecule has 0 unspecified atom stereocenters. The number of rotatable bonds is 3. The predicted molar refractivity (Wildman–Crippen MR) is 104 cm³/mol. The van der Waals surface area contributed by atoms with Gasteiger partial charge >= 0.3 is 0 Å². The zero-order valence-corrected chi connectivity index (χ0v) is 15.4. The smallest absolute Gasteiger partial charge is 0.173 e. The van der Waals surface area contributed by atoms with Gasteiger partial charge in [0, 0.05) is 11.8 Å². The lowest BCUT2D eigenvalue weighted by molar-refractivity contribution is 0.980. The summed E-state index contributed by atoms with van der Waals surface area (Å²) in [4.78, 5) is 4.61. The Kier molecular flexibility index (Phi) is 4.25. The number of fused-ring (bicyclic) bond motifs is 1. The summed E-state index contributed by atoms with van der Waals surface area (Å²) in [5.74, 6) is 0.632. The molecule has 4 rings (SSSR count). The summed E-state index contributed by atoms with van der Waals surface area (Å²) < 4.78 is 1.69. The van der Waals surface area contributed by atoms with E-state index in [9.17, 15) is 5.26 Å². The summed E-state index contributed by atoms with van der Waals surface area (Å²) in [6.45, 7) is 0. The largest absolute Gasteiger partial charge is 0.337 e. The van der Waals surface area contributed by atoms with E-state index in [1.54, 1.807) is 28.9 Å². The van der Waals surface area contributed by atoms with Crippen molar-refractivity contribution >= 4 is 52.0 Å². The molecule has 0 bridgehead atoms. The normalized spacial score (nSPS) is 10.8. The fraction of sp³-hybridized carbons (Fsp3) is 0. The molecule has 4 aromatic rings. The molecule has 2 aromatic heterocycles. The summed E-state index contributed by atoms with van der Waals surface area (Å²) in [7, 11) is 0. The molecule has 0 aliphatic heterocycles. The molecule has 0 saturated carbocycles. The van der Waals surface area contributed by atoms with Crippen LogP contribution in [0.1, 0.15) is 5.56 Å². The van der Waals surface area contributed by atoms with Crippen LogP contribution in [0, 0.1) is 11.3 Å². The van der Waals surface area contributed by atoms with E-state index in [-0.39, 0.29) is 0 Å². The van der Waals surface area contributed by atoms with Gasteiger partial charge in [-0.3, -0.25) is 5.10 Å². The van der Waals surface area contributed by atoms with Crippen molar-refractivity contribution < 1.29 is 0 Å². The Bertz CT molecular complexity index is 1170. The van der Waals surface area contributed by atoms with E-state index in [0.717, 1.165) is 5.56 Å². The highest BCUT2D eigenvalue weighted by Crippen LogP contribution is 2.36. The number of nitrogens with one attached hydrogen (secondary N) is 2. The highest BCUT2D eigenvalue weighted by molar-refractivity contribution is 6.42. The minimum atomic E-state index is 0.421. The summed E-state index contributed by atoms with van der Waals surface area (Å²) in [5.41, 5.74) is 3.02. The lowest BCUT2D eigenvalue weighted by Gasteiger charge is -2.10. The number of aromatic nitrogens is 3. The van der Waals surface area contributed by atoms with E-state index in [1.807, 2.05) is 24.3 Å². The molecule has 26 heavy (non-hydrogen) atoms. The third-order valence-electron chi connectivity index (χ3n) is 3.90. The molecular formula is C18H10Cl3N5. The van der Waals surface area contributed by atoms with Gasteiger partial charge in [0.05, 0.1) is 20.8 Å². The SMILES string of the molecule is N#Cc1c[nH]n2c(Nc3ccccc3Cl)c(-c3ccc(Cl)c(Cl)c3)nc12. The van der Waals surface area contributed by atoms with Crippen molar-refractivity contribution in [1.82, 2.24) is 14.6 Å². The number of benzene rings is 2. The Labute approximate surface area is 163 Å². The van der Waals surface area contributed by atoms with E-state index in [0.29, 0.717) is 43.5 Å². The molecule has 0 amide bonds. The molecule has 128 valence electrons. The van der Waals surface area contributed by atoms with Crippen LogP contribution in [0.5, 0.6) is 0 Å². The van der Waals surface area contributed by atoms with Gasteiger partial charge < -0.3 is 5.32 Å². The van der Waals surface area contributed by atoms with E-state index in [1.165, 1.54) is 0 Å². The van der Waals surface area contributed by atoms with Gasteiger partial charge in [-0.15, -0.1) is 0 Å². The summed E-state index contributed by atoms with van der Waals surface area (Å²) in [5, 5.41) is 17.1. The summed E-state index contributed by atoms with van der Waals surface area (Å²) in [6, 6.07) is 14.7. The molecule has 8 heteroatoms. The van der Waals surface area contributed by atoms with Crippen LogP contribution in [-0.4, -0.2) is 14.6 Å². The van der Waals surface area contributed by atoms with Crippen LogP contribution in [0.25, 0.3) is 16.9 Å². The second kappa shape index (κ2) is 6.58. The van der Waals surface area contributed by atoms with Crippen molar-refractivity contribution in [2.45, 2.75) is 0 Å². The van der Waals surface area contributed by atoms with Crippen LogP contribution in [0.15, 0.2) is 48.7 Å². The molecule has 0 aliphatic rings. The Hall–Kier alpha value is -2.65. The molecular weight excluding hydrogens is 393 g/mol. The zero-order valence-electron chi connectivity index (χ0n) is 13.1. The number of para-hydroxylation sites is 1. The van der Waals surface area contributed by atoms with Crippen molar-refractivity contribution in [3.63, 3.8) is 0 Å². The number of halogens is 3. The third kappa shape index (κ3) is 2.78. The topological polar surface area (TPSA) is 68.9 Å². The van der Waals surface area contributed by atoms with Gasteiger partial charge in [0.15, 0.2) is 11.5 Å². The van der Waals surface area contributed by atoms with Crippen molar-refractivity contribution in [1.29, 1.82) is 5.26 Å². The van der Waals surface area contributed by atoms with E-state index < -0.39 is 0 Å². The maximum Gasteiger partial charge on any atom is 0.173 e. The first-order valence-electron chi connectivity index (χ1n) is 7.55. The molecule has 0 fully saturated rings. The van der Waals surface area contributed by atoms with Crippen molar-refractivity contribution in [2.75, 3.05) is 5.32 Å². The Morgan fingerprint density at radius 1 is 1.04 bits per heavy atom. The van der Waals surface area contributed by atoms with Gasteiger partial charge in [-0.1, -0.05) is 53.0 Å². The number of nitriles is 1. The Balaban J connectivity index is 1.94. The molecule has 2 aromatic carbocycles. The standard InChI is InChI=1S/C18H10Cl3N5/c19-12-6-5-10(7-14(12)21)16-18(24-15-4-2-1-3-13(15)20)26-17(25-16)11(8-22)9-23-26/h1-7,9,23-24H. The molecule has 5 nitrogen and oxygen atoms in total. The number of hydrogen-bond donors (Lipinski definition) is 2. The van der Waals surface area contributed by atoms with Gasteiger partial charge in [0.2, 0.25) is 0 Å². The predicted octanol–water partition coefficient (Wildman–Crippen LogP) is 5.90. The fourth-order valence-electron chi connectivity index (χ4n) is 2.65. The van der Waals surface area contributed by atoms with Crippen LogP contribution >= 0.6 is 34.8 Å². The van der Waals surface area contributed by atoms with Gasteiger partial charge in [-0.2, -0.15) is 5.26 Å². The van der Waals surface area contributed by atoms with Crippen LogP contribution in [0.2, 0.25) is 15.1 Å². The third-order valence-corrected chi connectivity index (χ3v) is 4.97. The van der Waals surface area contributed by atoms with Crippen molar-refractivity contribution in [3.05, 3.63) is 69.3 Å². The summed E-state index contributed by atoms with van der Waals surface area (Å²) >= 11 is 18.5. The molecule has 2 heterocycles. The molecule has 0 aliphatic carbocycles. The average Bonchev–Trinajstić information content (AvgIpc) is 3.19. The molecule has 2 N–H and O–H groups in total. The zero-order chi connectivity index (χ0) is 18.3. The van der Waals surface area contributed by atoms with Crippen LogP contribution in [0.4, 0.5) is 11.5 Å². The van der Waals surface area contributed by atoms with Crippen LogP contribution in [0.3, 0.4) is 0 Å². The van der Waals surface area contributed by atoms with Gasteiger partial charge in [-0.25, -0.2) is 9.50 Å². The first-order chi connectivity index (χ1) is 12.6. The van der Waals surface area contributed by atoms with Crippen molar-refractivity contribution in [3.8, 4) is 17.3 Å². The number of nitrogens with zero attached hydrogens (tertiary/aromatic N) is 3. The lowest BCUT2D eigenvalue weighted by Crippen LogP contribution is -1.98. The summed E-state index contributed by atoms with van der Waals surface area (Å²) in [6.07, 6.45) is 1.60. The highest BCUT2D eigenvalue weighted by Gasteiger charge is 2.19. The number of imidazole rings is 1. The van der Waals surface area contributed by atoms with Gasteiger partial charge in [0.25, 0.3) is 0 Å². The number of hydrogen-bond acceptors (Lipinski definition) is 3. The second-order valence-corrected chi connectivity index (χ2v) is 6.72. The first kappa shape index (κ1) is 16.8. The van der Waals surface area contributed by atoms with Crippen LogP contribution in [-0.2, 0) is 0 Å². The van der Waals surface area contributed by atoms with Crippen molar-refractivity contribution in [2.24, 2.45) is 0 Å². The minimum Gasteiger partial charge on any atom is -0.337 e. The molecule has 0 spiro atoms. The number of H-pyrrole nitrogens is 1. The van der Waals surface area contributed by atoms with E-state index in [4.69, 9.17) is 34.8 Å². The number of aromatic amines is 1. The molecule has 0 radical (unpaired) electrons. The number of anilines is 2. The van der Waals surface area contributed by atoms with E-state index in [2.05, 4.69) is 21.5 Å². The Morgan fingerprint density at radius 2 is 1.85 bits per heavy atom. The highest BCUT2D eigenvalue weighted by atomic mass is 35.5. The fourth-order valence-corrected chi connectivity index (χ4v) is 3.13. The second-order valence-electron chi connectivity index (χ2n) is 5.50. The van der Waals surface area contributed by atoms with E-state index >= 15 is 0 Å². The maximum absolute atomic E-state index is 9.31.